The van der Waals surface area contributed by atoms with Crippen molar-refractivity contribution < 1.29 is 9.53 Å². The SMILES string of the molecule is COc1ccccc1Nc1ncccc1C(=O)NCC1(C)CCNCC1.Cl.Cl. The molecule has 6 nitrogen and oxygen atoms in total. The molecule has 1 aromatic carbocycles. The van der Waals surface area contributed by atoms with Gasteiger partial charge in [-0.15, -0.1) is 24.8 Å². The summed E-state index contributed by atoms with van der Waals surface area (Å²) in [6.07, 6.45) is 3.79. The van der Waals surface area contributed by atoms with Gasteiger partial charge in [-0.3, -0.25) is 4.79 Å². The van der Waals surface area contributed by atoms with E-state index in [2.05, 4.69) is 27.9 Å². The number of ether oxygens (including phenoxy) is 1. The molecule has 2 aromatic rings. The van der Waals surface area contributed by atoms with Crippen LogP contribution in [-0.2, 0) is 0 Å². The summed E-state index contributed by atoms with van der Waals surface area (Å²) in [5.74, 6) is 1.10. The zero-order chi connectivity index (χ0) is 18.4. The van der Waals surface area contributed by atoms with Crippen LogP contribution in [0.2, 0.25) is 0 Å². The number of aromatic nitrogens is 1. The fourth-order valence-corrected chi connectivity index (χ4v) is 3.16. The van der Waals surface area contributed by atoms with Crippen molar-refractivity contribution in [3.05, 3.63) is 48.2 Å². The summed E-state index contributed by atoms with van der Waals surface area (Å²) >= 11 is 0. The van der Waals surface area contributed by atoms with Crippen LogP contribution in [-0.4, -0.2) is 37.6 Å². The summed E-state index contributed by atoms with van der Waals surface area (Å²) in [7, 11) is 1.62. The molecule has 1 aliphatic heterocycles. The Hall–Kier alpha value is -2.02. The fourth-order valence-electron chi connectivity index (χ4n) is 3.16. The average molecular weight is 427 g/mol. The number of piperidine rings is 1. The molecule has 0 bridgehead atoms. The van der Waals surface area contributed by atoms with E-state index in [1.807, 2.05) is 24.3 Å². The van der Waals surface area contributed by atoms with Gasteiger partial charge in [-0.05, 0) is 55.6 Å². The number of anilines is 2. The Bertz CT molecular complexity index is 767. The molecular weight excluding hydrogens is 399 g/mol. The van der Waals surface area contributed by atoms with Crippen LogP contribution < -0.4 is 20.7 Å². The first-order valence-electron chi connectivity index (χ1n) is 8.95. The second-order valence-electron chi connectivity index (χ2n) is 6.97. The standard InChI is InChI=1S/C20H26N4O2.2ClH/c1-20(9-12-21-13-10-20)14-23-19(25)15-6-5-11-22-18(15)24-16-7-3-4-8-17(16)26-2;;/h3-8,11,21H,9-10,12-14H2,1-2H3,(H,22,24)(H,23,25);2*1H. The number of benzene rings is 1. The van der Waals surface area contributed by atoms with Gasteiger partial charge in [0, 0.05) is 12.7 Å². The number of hydrogen-bond donors (Lipinski definition) is 3. The van der Waals surface area contributed by atoms with Gasteiger partial charge in [0.1, 0.15) is 11.6 Å². The van der Waals surface area contributed by atoms with Gasteiger partial charge in [-0.25, -0.2) is 4.98 Å². The third-order valence-corrected chi connectivity index (χ3v) is 4.90. The lowest BCUT2D eigenvalue weighted by molar-refractivity contribution is 0.0923. The number of amides is 1. The van der Waals surface area contributed by atoms with E-state index in [4.69, 9.17) is 4.74 Å². The van der Waals surface area contributed by atoms with Crippen molar-refractivity contribution in [3.63, 3.8) is 0 Å². The monoisotopic (exact) mass is 426 g/mol. The van der Waals surface area contributed by atoms with Gasteiger partial charge < -0.3 is 20.7 Å². The first-order chi connectivity index (χ1) is 12.6. The summed E-state index contributed by atoms with van der Waals surface area (Å²) in [5.41, 5.74) is 1.43. The average Bonchev–Trinajstić information content (AvgIpc) is 2.68. The number of halogens is 2. The summed E-state index contributed by atoms with van der Waals surface area (Å²) < 4.78 is 5.36. The molecule has 1 amide bonds. The Balaban J connectivity index is 0.00000196. The molecule has 0 spiro atoms. The smallest absolute Gasteiger partial charge is 0.255 e. The number of carbonyl (C=O) groups is 1. The third-order valence-electron chi connectivity index (χ3n) is 4.90. The van der Waals surface area contributed by atoms with Crippen molar-refractivity contribution in [1.82, 2.24) is 15.6 Å². The topological polar surface area (TPSA) is 75.3 Å². The van der Waals surface area contributed by atoms with E-state index in [0.717, 1.165) is 31.6 Å². The van der Waals surface area contributed by atoms with Crippen molar-refractivity contribution in [2.75, 3.05) is 32.1 Å². The Morgan fingerprint density at radius 3 is 2.61 bits per heavy atom. The van der Waals surface area contributed by atoms with Gasteiger partial charge >= 0.3 is 0 Å². The normalized spacial score (nSPS) is 14.8. The van der Waals surface area contributed by atoms with Crippen LogP contribution in [0, 0.1) is 5.41 Å². The molecule has 0 saturated carbocycles. The minimum absolute atomic E-state index is 0. The summed E-state index contributed by atoms with van der Waals surface area (Å²) in [6, 6.07) is 11.1. The minimum atomic E-state index is -0.116. The van der Waals surface area contributed by atoms with Crippen molar-refractivity contribution >= 4 is 42.2 Å². The fraction of sp³-hybridized carbons (Fsp3) is 0.400. The number of hydrogen-bond acceptors (Lipinski definition) is 5. The maximum atomic E-state index is 12.8. The van der Waals surface area contributed by atoms with E-state index in [0.29, 0.717) is 23.7 Å². The molecule has 0 unspecified atom stereocenters. The highest BCUT2D eigenvalue weighted by Gasteiger charge is 2.27. The van der Waals surface area contributed by atoms with Gasteiger partial charge in [0.05, 0.1) is 18.4 Å². The van der Waals surface area contributed by atoms with Crippen LogP contribution in [0.15, 0.2) is 42.6 Å². The van der Waals surface area contributed by atoms with Crippen LogP contribution in [0.3, 0.4) is 0 Å². The molecule has 0 radical (unpaired) electrons. The second-order valence-corrected chi connectivity index (χ2v) is 6.97. The molecule has 1 fully saturated rings. The van der Waals surface area contributed by atoms with Crippen LogP contribution in [0.25, 0.3) is 0 Å². The highest BCUT2D eigenvalue weighted by atomic mass is 35.5. The second kappa shape index (κ2) is 11.1. The summed E-state index contributed by atoms with van der Waals surface area (Å²) in [4.78, 5) is 17.1. The summed E-state index contributed by atoms with van der Waals surface area (Å²) in [5, 5.41) is 9.66. The van der Waals surface area contributed by atoms with Gasteiger partial charge in [0.25, 0.3) is 5.91 Å². The molecule has 0 aliphatic carbocycles. The van der Waals surface area contributed by atoms with Crippen LogP contribution in [0.1, 0.15) is 30.1 Å². The number of nitrogens with zero attached hydrogens (tertiary/aromatic N) is 1. The van der Waals surface area contributed by atoms with Gasteiger partial charge in [-0.1, -0.05) is 19.1 Å². The first-order valence-corrected chi connectivity index (χ1v) is 8.95. The molecule has 2 heterocycles. The van der Waals surface area contributed by atoms with Crippen molar-refractivity contribution in [1.29, 1.82) is 0 Å². The minimum Gasteiger partial charge on any atom is -0.495 e. The van der Waals surface area contributed by atoms with E-state index in [1.54, 1.807) is 25.4 Å². The first kappa shape index (κ1) is 24.0. The lowest BCUT2D eigenvalue weighted by atomic mass is 9.81. The maximum Gasteiger partial charge on any atom is 0.255 e. The van der Waals surface area contributed by atoms with Crippen LogP contribution in [0.5, 0.6) is 5.75 Å². The lowest BCUT2D eigenvalue weighted by Crippen LogP contribution is -2.43. The largest absolute Gasteiger partial charge is 0.495 e. The van der Waals surface area contributed by atoms with Crippen molar-refractivity contribution in [3.8, 4) is 5.75 Å². The van der Waals surface area contributed by atoms with Crippen molar-refractivity contribution in [2.45, 2.75) is 19.8 Å². The quantitative estimate of drug-likeness (QED) is 0.654. The zero-order valence-corrected chi connectivity index (χ0v) is 17.8. The highest BCUT2D eigenvalue weighted by Crippen LogP contribution is 2.29. The molecule has 3 rings (SSSR count). The molecule has 3 N–H and O–H groups in total. The third kappa shape index (κ3) is 5.99. The molecule has 0 atom stereocenters. The number of nitrogens with one attached hydrogen (secondary N) is 3. The van der Waals surface area contributed by atoms with Crippen LogP contribution >= 0.6 is 24.8 Å². The highest BCUT2D eigenvalue weighted by molar-refractivity contribution is 5.99. The van der Waals surface area contributed by atoms with E-state index in [1.165, 1.54) is 0 Å². The van der Waals surface area contributed by atoms with Gasteiger partial charge in [0.15, 0.2) is 0 Å². The Morgan fingerprint density at radius 1 is 1.18 bits per heavy atom. The maximum absolute atomic E-state index is 12.8. The number of para-hydroxylation sites is 2. The Kier molecular flexibility index (Phi) is 9.52. The van der Waals surface area contributed by atoms with E-state index in [9.17, 15) is 4.79 Å². The van der Waals surface area contributed by atoms with Crippen LogP contribution in [0.4, 0.5) is 11.5 Å². The molecule has 28 heavy (non-hydrogen) atoms. The molecular formula is C20H28Cl2N4O2. The number of rotatable bonds is 6. The van der Waals surface area contributed by atoms with E-state index >= 15 is 0 Å². The number of methoxy groups -OCH3 is 1. The predicted octanol–water partition coefficient (Wildman–Crippen LogP) is 3.80. The zero-order valence-electron chi connectivity index (χ0n) is 16.2. The predicted molar refractivity (Wildman–Crippen MR) is 118 cm³/mol. The molecule has 1 aromatic heterocycles. The Labute approximate surface area is 178 Å². The van der Waals surface area contributed by atoms with Gasteiger partial charge in [0.2, 0.25) is 0 Å². The molecule has 154 valence electrons. The van der Waals surface area contributed by atoms with E-state index < -0.39 is 0 Å². The lowest BCUT2D eigenvalue weighted by Gasteiger charge is -2.34. The molecule has 8 heteroatoms. The number of pyridine rings is 1. The van der Waals surface area contributed by atoms with Crippen molar-refractivity contribution in [2.24, 2.45) is 5.41 Å². The number of carbonyl (C=O) groups excluding carboxylic acids is 1. The van der Waals surface area contributed by atoms with Gasteiger partial charge in [-0.2, -0.15) is 0 Å². The summed E-state index contributed by atoms with van der Waals surface area (Å²) in [6.45, 7) is 4.89. The molecule has 1 aliphatic rings. The Morgan fingerprint density at radius 2 is 1.89 bits per heavy atom. The van der Waals surface area contributed by atoms with E-state index in [-0.39, 0.29) is 36.1 Å². The molecule has 1 saturated heterocycles.